The van der Waals surface area contributed by atoms with Gasteiger partial charge in [-0.15, -0.1) is 0 Å². The minimum Gasteiger partial charge on any atom is -0.452 e. The molecule has 9 nitrogen and oxygen atoms in total. The van der Waals surface area contributed by atoms with Crippen LogP contribution in [0.1, 0.15) is 31.1 Å². The second-order valence-corrected chi connectivity index (χ2v) is 5.53. The van der Waals surface area contributed by atoms with Crippen molar-refractivity contribution < 1.29 is 28.7 Å². The highest BCUT2D eigenvalue weighted by atomic mass is 16.5. The van der Waals surface area contributed by atoms with Gasteiger partial charge in [-0.1, -0.05) is 12.1 Å². The first-order valence-electron chi connectivity index (χ1n) is 7.73. The maximum atomic E-state index is 12.4. The predicted molar refractivity (Wildman–Crippen MR) is 92.0 cm³/mol. The van der Waals surface area contributed by atoms with Crippen LogP contribution in [0, 0.1) is 0 Å². The molecule has 2 aromatic carbocycles. The molecule has 0 spiro atoms. The number of hydrogen-bond donors (Lipinski definition) is 2. The lowest BCUT2D eigenvalue weighted by Crippen LogP contribution is -2.37. The van der Waals surface area contributed by atoms with Crippen LogP contribution in [0.2, 0.25) is 0 Å². The average Bonchev–Trinajstić information content (AvgIpc) is 2.90. The summed E-state index contributed by atoms with van der Waals surface area (Å²) in [7, 11) is 0. The summed E-state index contributed by atoms with van der Waals surface area (Å²) >= 11 is 0. The molecule has 3 N–H and O–H groups in total. The highest BCUT2D eigenvalue weighted by Crippen LogP contribution is 2.28. The van der Waals surface area contributed by atoms with Crippen LogP contribution in [0.4, 0.5) is 10.5 Å². The molecule has 9 heteroatoms. The van der Waals surface area contributed by atoms with Gasteiger partial charge in [-0.2, -0.15) is 0 Å². The number of imide groups is 2. The Bertz CT molecular complexity index is 932. The van der Waals surface area contributed by atoms with Crippen molar-refractivity contribution in [2.45, 2.75) is 0 Å². The number of nitrogens with zero attached hydrogens (tertiary/aromatic N) is 1. The van der Waals surface area contributed by atoms with Gasteiger partial charge in [0, 0.05) is 0 Å². The number of hydrogen-bond acceptors (Lipinski definition) is 6. The molecule has 0 aromatic heterocycles. The molecular weight excluding hydrogens is 354 g/mol. The summed E-state index contributed by atoms with van der Waals surface area (Å²) in [5.74, 6) is -2.58. The fourth-order valence-corrected chi connectivity index (χ4v) is 2.56. The molecule has 1 aliphatic heterocycles. The first kappa shape index (κ1) is 17.8. The molecule has 27 heavy (non-hydrogen) atoms. The Morgan fingerprint density at radius 3 is 2.00 bits per heavy atom. The third kappa shape index (κ3) is 3.52. The number of urea groups is 1. The van der Waals surface area contributed by atoms with Gasteiger partial charge in [0.2, 0.25) is 0 Å². The van der Waals surface area contributed by atoms with E-state index in [4.69, 9.17) is 10.5 Å². The monoisotopic (exact) mass is 367 g/mol. The van der Waals surface area contributed by atoms with E-state index in [1.807, 2.05) is 0 Å². The third-order valence-corrected chi connectivity index (χ3v) is 3.75. The first-order chi connectivity index (χ1) is 12.9. The van der Waals surface area contributed by atoms with Gasteiger partial charge in [0.15, 0.2) is 6.61 Å². The van der Waals surface area contributed by atoms with E-state index >= 15 is 0 Å². The standard InChI is InChI=1S/C18H13N3O6/c19-18(26)20-14(22)9-27-17(25)10-5-7-11(8-6-10)21-15(23)12-3-1-2-4-13(12)16(21)24/h1-8H,9H2,(H3,19,20,22,26). The van der Waals surface area contributed by atoms with Gasteiger partial charge < -0.3 is 10.5 Å². The van der Waals surface area contributed by atoms with Gasteiger partial charge in [0.1, 0.15) is 0 Å². The molecule has 0 saturated carbocycles. The lowest BCUT2D eigenvalue weighted by atomic mass is 10.1. The summed E-state index contributed by atoms with van der Waals surface area (Å²) < 4.78 is 4.74. The average molecular weight is 367 g/mol. The van der Waals surface area contributed by atoms with Crippen LogP contribution in [-0.2, 0) is 9.53 Å². The van der Waals surface area contributed by atoms with Gasteiger partial charge in [-0.25, -0.2) is 14.5 Å². The van der Waals surface area contributed by atoms with Gasteiger partial charge in [-0.3, -0.25) is 19.7 Å². The molecule has 136 valence electrons. The molecule has 0 unspecified atom stereocenters. The van der Waals surface area contributed by atoms with Crippen molar-refractivity contribution in [3.8, 4) is 0 Å². The maximum absolute atomic E-state index is 12.4. The molecular formula is C18H13N3O6. The number of fused-ring (bicyclic) bond motifs is 1. The second kappa shape index (κ2) is 7.08. The van der Waals surface area contributed by atoms with Gasteiger partial charge in [0.05, 0.1) is 22.4 Å². The SMILES string of the molecule is NC(=O)NC(=O)COC(=O)c1ccc(N2C(=O)c3ccccc3C2=O)cc1. The maximum Gasteiger partial charge on any atom is 0.338 e. The van der Waals surface area contributed by atoms with E-state index in [2.05, 4.69) is 0 Å². The van der Waals surface area contributed by atoms with Crippen LogP contribution in [0.25, 0.3) is 0 Å². The number of anilines is 1. The molecule has 5 amide bonds. The zero-order valence-electron chi connectivity index (χ0n) is 13.8. The van der Waals surface area contributed by atoms with Crippen molar-refractivity contribution in [1.29, 1.82) is 0 Å². The summed E-state index contributed by atoms with van der Waals surface area (Å²) in [6, 6.07) is 11.0. The van der Waals surface area contributed by atoms with E-state index in [-0.39, 0.29) is 5.56 Å². The Labute approximate surface area is 152 Å². The Balaban J connectivity index is 1.70. The number of rotatable bonds is 4. The Morgan fingerprint density at radius 2 is 1.48 bits per heavy atom. The van der Waals surface area contributed by atoms with E-state index in [0.717, 1.165) is 4.90 Å². The van der Waals surface area contributed by atoms with Gasteiger partial charge >= 0.3 is 12.0 Å². The first-order valence-corrected chi connectivity index (χ1v) is 7.73. The summed E-state index contributed by atoms with van der Waals surface area (Å²) in [4.78, 5) is 59.5. The normalized spacial score (nSPS) is 12.5. The molecule has 0 bridgehead atoms. The summed E-state index contributed by atoms with van der Waals surface area (Å²) in [6.07, 6.45) is 0. The summed E-state index contributed by atoms with van der Waals surface area (Å²) in [5.41, 5.74) is 5.79. The molecule has 0 saturated heterocycles. The molecule has 1 aliphatic rings. The van der Waals surface area contributed by atoms with Crippen molar-refractivity contribution >= 4 is 35.4 Å². The highest BCUT2D eigenvalue weighted by Gasteiger charge is 2.36. The molecule has 0 aliphatic carbocycles. The lowest BCUT2D eigenvalue weighted by Gasteiger charge is -2.14. The molecule has 1 heterocycles. The molecule has 0 fully saturated rings. The lowest BCUT2D eigenvalue weighted by molar-refractivity contribution is -0.123. The van der Waals surface area contributed by atoms with Crippen LogP contribution < -0.4 is 16.0 Å². The van der Waals surface area contributed by atoms with E-state index in [0.29, 0.717) is 16.8 Å². The van der Waals surface area contributed by atoms with Crippen LogP contribution >= 0.6 is 0 Å². The molecule has 2 aromatic rings. The van der Waals surface area contributed by atoms with Crippen LogP contribution in [0.15, 0.2) is 48.5 Å². The number of carbonyl (C=O) groups is 5. The Hall–Kier alpha value is -4.01. The van der Waals surface area contributed by atoms with E-state index in [1.54, 1.807) is 29.6 Å². The largest absolute Gasteiger partial charge is 0.452 e. The van der Waals surface area contributed by atoms with E-state index in [1.165, 1.54) is 24.3 Å². The predicted octanol–water partition coefficient (Wildman–Crippen LogP) is 0.839. The number of primary amides is 1. The minimum atomic E-state index is -1.05. The topological polar surface area (TPSA) is 136 Å². The Kier molecular flexibility index (Phi) is 4.67. The van der Waals surface area contributed by atoms with Crippen molar-refractivity contribution in [3.05, 3.63) is 65.2 Å². The Morgan fingerprint density at radius 1 is 0.926 bits per heavy atom. The number of nitrogens with one attached hydrogen (secondary N) is 1. The van der Waals surface area contributed by atoms with Gasteiger partial charge in [0.25, 0.3) is 17.7 Å². The number of nitrogens with two attached hydrogens (primary N) is 1. The number of amides is 5. The van der Waals surface area contributed by atoms with Crippen LogP contribution in [0.5, 0.6) is 0 Å². The summed E-state index contributed by atoms with van der Waals surface area (Å²) in [6.45, 7) is -0.679. The van der Waals surface area contributed by atoms with Crippen molar-refractivity contribution in [2.24, 2.45) is 5.73 Å². The van der Waals surface area contributed by atoms with Crippen LogP contribution in [0.3, 0.4) is 0 Å². The molecule has 0 radical (unpaired) electrons. The van der Waals surface area contributed by atoms with E-state index in [9.17, 15) is 24.0 Å². The fraction of sp³-hybridized carbons (Fsp3) is 0.0556. The molecule has 3 rings (SSSR count). The zero-order chi connectivity index (χ0) is 19.6. The number of benzene rings is 2. The van der Waals surface area contributed by atoms with Crippen molar-refractivity contribution in [1.82, 2.24) is 5.32 Å². The summed E-state index contributed by atoms with van der Waals surface area (Å²) in [5, 5.41) is 1.76. The quantitative estimate of drug-likeness (QED) is 0.607. The number of ether oxygens (including phenoxy) is 1. The molecule has 0 atom stereocenters. The van der Waals surface area contributed by atoms with Crippen molar-refractivity contribution in [3.63, 3.8) is 0 Å². The van der Waals surface area contributed by atoms with Gasteiger partial charge in [-0.05, 0) is 36.4 Å². The van der Waals surface area contributed by atoms with Crippen molar-refractivity contribution in [2.75, 3.05) is 11.5 Å². The van der Waals surface area contributed by atoms with Crippen LogP contribution in [-0.4, -0.2) is 36.3 Å². The highest BCUT2D eigenvalue weighted by molar-refractivity contribution is 6.34. The van der Waals surface area contributed by atoms with E-state index < -0.39 is 36.3 Å². The number of carbonyl (C=O) groups excluding carboxylic acids is 5. The third-order valence-electron chi connectivity index (χ3n) is 3.75. The second-order valence-electron chi connectivity index (χ2n) is 5.53. The minimum absolute atomic E-state index is 0.0993. The fourth-order valence-electron chi connectivity index (χ4n) is 2.56. The zero-order valence-corrected chi connectivity index (χ0v) is 13.8. The smallest absolute Gasteiger partial charge is 0.338 e. The number of esters is 1.